The third kappa shape index (κ3) is 2.67. The molecule has 1 atom stereocenters. The fraction of sp³-hybridized carbons (Fsp3) is 0.400. The highest BCUT2D eigenvalue weighted by molar-refractivity contribution is 6.30. The van der Waals surface area contributed by atoms with E-state index in [9.17, 15) is 4.39 Å². The van der Waals surface area contributed by atoms with Gasteiger partial charge in [-0.25, -0.2) is 4.39 Å². The Kier molecular flexibility index (Phi) is 4.32. The molecule has 0 heterocycles. The Labute approximate surface area is 88.2 Å². The maximum absolute atomic E-state index is 13.1. The number of hydrogen-bond acceptors (Lipinski definition) is 2. The Balaban J connectivity index is 2.88. The molecule has 1 aromatic carbocycles. The van der Waals surface area contributed by atoms with Gasteiger partial charge in [-0.1, -0.05) is 24.6 Å². The van der Waals surface area contributed by atoms with Crippen molar-refractivity contribution in [2.45, 2.75) is 13.0 Å². The Morgan fingerprint density at radius 2 is 2.29 bits per heavy atom. The summed E-state index contributed by atoms with van der Waals surface area (Å²) in [6.07, 6.45) is 0. The van der Waals surface area contributed by atoms with E-state index in [2.05, 4.69) is 5.32 Å². The van der Waals surface area contributed by atoms with Gasteiger partial charge >= 0.3 is 0 Å². The van der Waals surface area contributed by atoms with Crippen LogP contribution in [0.15, 0.2) is 18.2 Å². The highest BCUT2D eigenvalue weighted by Crippen LogP contribution is 2.19. The van der Waals surface area contributed by atoms with E-state index in [4.69, 9.17) is 17.3 Å². The van der Waals surface area contributed by atoms with E-state index in [1.165, 1.54) is 6.07 Å². The molecule has 0 saturated carbocycles. The third-order valence-electron chi connectivity index (χ3n) is 2.03. The van der Waals surface area contributed by atoms with Crippen LogP contribution in [0.25, 0.3) is 0 Å². The van der Waals surface area contributed by atoms with Gasteiger partial charge < -0.3 is 11.1 Å². The lowest BCUT2D eigenvalue weighted by molar-refractivity contribution is 0.554. The Bertz CT molecular complexity index is 304. The standard InChI is InChI=1S/C10H14ClFN2/c1-2-14-10(6-13)7-3-4-8(11)9(12)5-7/h3-5,10,14H,2,6,13H2,1H3. The van der Waals surface area contributed by atoms with Gasteiger partial charge in [0.2, 0.25) is 0 Å². The lowest BCUT2D eigenvalue weighted by Crippen LogP contribution is -2.27. The van der Waals surface area contributed by atoms with Crippen LogP contribution in [0.3, 0.4) is 0 Å². The molecule has 0 saturated heterocycles. The average molecular weight is 217 g/mol. The quantitative estimate of drug-likeness (QED) is 0.809. The van der Waals surface area contributed by atoms with Crippen molar-refractivity contribution in [2.75, 3.05) is 13.1 Å². The molecule has 2 nitrogen and oxygen atoms in total. The molecule has 0 aliphatic heterocycles. The van der Waals surface area contributed by atoms with Crippen LogP contribution in [0.1, 0.15) is 18.5 Å². The van der Waals surface area contributed by atoms with Crippen molar-refractivity contribution < 1.29 is 4.39 Å². The van der Waals surface area contributed by atoms with Crippen LogP contribution in [0, 0.1) is 5.82 Å². The van der Waals surface area contributed by atoms with Crippen molar-refractivity contribution in [2.24, 2.45) is 5.73 Å². The minimum absolute atomic E-state index is 0.00762. The second-order valence-corrected chi connectivity index (χ2v) is 3.43. The number of nitrogens with one attached hydrogen (secondary N) is 1. The summed E-state index contributed by atoms with van der Waals surface area (Å²) < 4.78 is 13.1. The Morgan fingerprint density at radius 3 is 2.79 bits per heavy atom. The summed E-state index contributed by atoms with van der Waals surface area (Å²) in [5.74, 6) is -0.402. The van der Waals surface area contributed by atoms with E-state index in [-0.39, 0.29) is 11.1 Å². The molecule has 0 aromatic heterocycles. The summed E-state index contributed by atoms with van der Waals surface area (Å²) in [5, 5.41) is 3.30. The molecule has 4 heteroatoms. The minimum atomic E-state index is -0.402. The van der Waals surface area contributed by atoms with Crippen molar-refractivity contribution in [3.8, 4) is 0 Å². The first-order chi connectivity index (χ1) is 6.69. The summed E-state index contributed by atoms with van der Waals surface area (Å²) in [6, 6.07) is 4.74. The monoisotopic (exact) mass is 216 g/mol. The zero-order valence-electron chi connectivity index (χ0n) is 8.06. The molecule has 0 spiro atoms. The molecular formula is C10H14ClFN2. The van der Waals surface area contributed by atoms with E-state index >= 15 is 0 Å². The van der Waals surface area contributed by atoms with Gasteiger partial charge in [-0.05, 0) is 24.2 Å². The molecule has 1 unspecified atom stereocenters. The van der Waals surface area contributed by atoms with E-state index in [0.29, 0.717) is 6.54 Å². The van der Waals surface area contributed by atoms with E-state index < -0.39 is 5.82 Å². The van der Waals surface area contributed by atoms with Crippen molar-refractivity contribution in [1.82, 2.24) is 5.32 Å². The van der Waals surface area contributed by atoms with Crippen LogP contribution in [-0.4, -0.2) is 13.1 Å². The molecule has 0 fully saturated rings. The second-order valence-electron chi connectivity index (χ2n) is 3.02. The summed E-state index contributed by atoms with van der Waals surface area (Å²) >= 11 is 5.58. The smallest absolute Gasteiger partial charge is 0.142 e. The van der Waals surface area contributed by atoms with Gasteiger partial charge in [0.25, 0.3) is 0 Å². The van der Waals surface area contributed by atoms with Crippen LogP contribution >= 0.6 is 11.6 Å². The molecule has 0 aliphatic rings. The fourth-order valence-electron chi connectivity index (χ4n) is 1.31. The lowest BCUT2D eigenvalue weighted by Gasteiger charge is -2.16. The highest BCUT2D eigenvalue weighted by atomic mass is 35.5. The van der Waals surface area contributed by atoms with E-state index in [1.54, 1.807) is 12.1 Å². The molecule has 14 heavy (non-hydrogen) atoms. The number of likely N-dealkylation sites (N-methyl/N-ethyl adjacent to an activating group) is 1. The maximum Gasteiger partial charge on any atom is 0.142 e. The molecule has 0 amide bonds. The molecule has 78 valence electrons. The van der Waals surface area contributed by atoms with E-state index in [1.807, 2.05) is 6.92 Å². The average Bonchev–Trinajstić information content (AvgIpc) is 2.19. The number of nitrogens with two attached hydrogens (primary N) is 1. The molecule has 0 aliphatic carbocycles. The van der Waals surface area contributed by atoms with Crippen molar-refractivity contribution in [1.29, 1.82) is 0 Å². The molecular weight excluding hydrogens is 203 g/mol. The van der Waals surface area contributed by atoms with Gasteiger partial charge in [-0.15, -0.1) is 0 Å². The van der Waals surface area contributed by atoms with Crippen LogP contribution in [-0.2, 0) is 0 Å². The normalized spacial score (nSPS) is 12.9. The van der Waals surface area contributed by atoms with Gasteiger partial charge in [0.05, 0.1) is 5.02 Å². The van der Waals surface area contributed by atoms with Crippen molar-refractivity contribution in [3.63, 3.8) is 0 Å². The molecule has 1 rings (SSSR count). The summed E-state index contributed by atoms with van der Waals surface area (Å²) in [4.78, 5) is 0. The molecule has 1 aromatic rings. The summed E-state index contributed by atoms with van der Waals surface area (Å²) in [7, 11) is 0. The van der Waals surface area contributed by atoms with Gasteiger partial charge in [0, 0.05) is 12.6 Å². The van der Waals surface area contributed by atoms with E-state index in [0.717, 1.165) is 12.1 Å². The number of benzene rings is 1. The second kappa shape index (κ2) is 5.29. The lowest BCUT2D eigenvalue weighted by atomic mass is 10.1. The molecule has 0 bridgehead atoms. The number of rotatable bonds is 4. The van der Waals surface area contributed by atoms with Crippen LogP contribution in [0.4, 0.5) is 4.39 Å². The SMILES string of the molecule is CCNC(CN)c1ccc(Cl)c(F)c1. The van der Waals surface area contributed by atoms with Crippen LogP contribution < -0.4 is 11.1 Å². The zero-order chi connectivity index (χ0) is 10.6. The Morgan fingerprint density at radius 1 is 1.57 bits per heavy atom. The number of halogens is 2. The summed E-state index contributed by atoms with van der Waals surface area (Å²) in [6.45, 7) is 3.22. The van der Waals surface area contributed by atoms with Crippen LogP contribution in [0.5, 0.6) is 0 Å². The summed E-state index contributed by atoms with van der Waals surface area (Å²) in [5.41, 5.74) is 6.39. The maximum atomic E-state index is 13.1. The fourth-order valence-corrected chi connectivity index (χ4v) is 1.43. The largest absolute Gasteiger partial charge is 0.329 e. The minimum Gasteiger partial charge on any atom is -0.329 e. The molecule has 0 radical (unpaired) electrons. The first-order valence-electron chi connectivity index (χ1n) is 4.57. The first kappa shape index (κ1) is 11.4. The zero-order valence-corrected chi connectivity index (χ0v) is 8.81. The number of hydrogen-bond donors (Lipinski definition) is 2. The first-order valence-corrected chi connectivity index (χ1v) is 4.95. The van der Waals surface area contributed by atoms with Gasteiger partial charge in [-0.2, -0.15) is 0 Å². The predicted octanol–water partition coefficient (Wildman–Crippen LogP) is 2.09. The van der Waals surface area contributed by atoms with Crippen LogP contribution in [0.2, 0.25) is 5.02 Å². The van der Waals surface area contributed by atoms with Crippen molar-refractivity contribution >= 4 is 11.6 Å². The van der Waals surface area contributed by atoms with Gasteiger partial charge in [0.1, 0.15) is 5.82 Å². The van der Waals surface area contributed by atoms with Gasteiger partial charge in [-0.3, -0.25) is 0 Å². The molecule has 3 N–H and O–H groups in total. The highest BCUT2D eigenvalue weighted by Gasteiger charge is 2.09. The van der Waals surface area contributed by atoms with Crippen molar-refractivity contribution in [3.05, 3.63) is 34.6 Å². The topological polar surface area (TPSA) is 38.0 Å². The van der Waals surface area contributed by atoms with Gasteiger partial charge in [0.15, 0.2) is 0 Å². The third-order valence-corrected chi connectivity index (χ3v) is 2.34. The Hall–Kier alpha value is -0.640. The predicted molar refractivity (Wildman–Crippen MR) is 56.9 cm³/mol.